The van der Waals surface area contributed by atoms with Crippen LogP contribution in [0.4, 0.5) is 0 Å². The fourth-order valence-electron chi connectivity index (χ4n) is 1.47. The summed E-state index contributed by atoms with van der Waals surface area (Å²) in [6.45, 7) is 10.7. The summed E-state index contributed by atoms with van der Waals surface area (Å²) in [6, 6.07) is 0.557. The Labute approximate surface area is 86.5 Å². The predicted octanol–water partition coefficient (Wildman–Crippen LogP) is 2.00. The highest BCUT2D eigenvalue weighted by Gasteiger charge is 2.05. The zero-order valence-corrected chi connectivity index (χ0v) is 9.62. The van der Waals surface area contributed by atoms with Gasteiger partial charge in [-0.1, -0.05) is 27.7 Å². The first kappa shape index (κ1) is 11.2. The molecule has 0 aliphatic rings. The van der Waals surface area contributed by atoms with Crippen LogP contribution in [0.5, 0.6) is 0 Å². The van der Waals surface area contributed by atoms with E-state index in [1.54, 1.807) is 0 Å². The lowest BCUT2D eigenvalue weighted by atomic mass is 10.1. The van der Waals surface area contributed by atoms with Crippen LogP contribution in [-0.2, 0) is 6.54 Å². The van der Waals surface area contributed by atoms with Crippen molar-refractivity contribution in [3.8, 4) is 0 Å². The Balaban J connectivity index is 2.46. The monoisotopic (exact) mass is 195 g/mol. The van der Waals surface area contributed by atoms with Gasteiger partial charge in [0.25, 0.3) is 0 Å². The molecule has 3 nitrogen and oxygen atoms in total. The van der Waals surface area contributed by atoms with Gasteiger partial charge in [-0.2, -0.15) is 0 Å². The second-order valence-corrected chi connectivity index (χ2v) is 4.28. The third-order valence-corrected chi connectivity index (χ3v) is 2.24. The zero-order valence-electron chi connectivity index (χ0n) is 9.62. The third kappa shape index (κ3) is 3.14. The average Bonchev–Trinajstić information content (AvgIpc) is 2.51. The van der Waals surface area contributed by atoms with Gasteiger partial charge in [-0.25, -0.2) is 4.98 Å². The van der Waals surface area contributed by atoms with E-state index in [9.17, 15) is 0 Å². The highest BCUT2D eigenvalue weighted by molar-refractivity contribution is 5.03. The Hall–Kier alpha value is -0.830. The van der Waals surface area contributed by atoms with Gasteiger partial charge in [-0.3, -0.25) is 0 Å². The van der Waals surface area contributed by atoms with Crippen molar-refractivity contribution in [2.45, 2.75) is 46.2 Å². The first-order valence-electron chi connectivity index (χ1n) is 5.34. The molecule has 3 heteroatoms. The minimum atomic E-state index is 0.552. The minimum absolute atomic E-state index is 0.552. The summed E-state index contributed by atoms with van der Waals surface area (Å²) in [5.41, 5.74) is 1.32. The fraction of sp³-hybridized carbons (Fsp3) is 0.727. The molecule has 1 aromatic heterocycles. The Kier molecular flexibility index (Phi) is 4.14. The molecule has 0 bridgehead atoms. The van der Waals surface area contributed by atoms with Gasteiger partial charge in [-0.15, -0.1) is 0 Å². The summed E-state index contributed by atoms with van der Waals surface area (Å²) in [5, 5.41) is 3.40. The molecule has 0 spiro atoms. The van der Waals surface area contributed by atoms with Crippen molar-refractivity contribution in [2.24, 2.45) is 0 Å². The van der Waals surface area contributed by atoms with E-state index in [1.165, 1.54) is 5.69 Å². The molecule has 0 saturated heterocycles. The maximum Gasteiger partial charge on any atom is 0.0948 e. The fourth-order valence-corrected chi connectivity index (χ4v) is 1.47. The Morgan fingerprint density at radius 3 is 2.64 bits per heavy atom. The van der Waals surface area contributed by atoms with Crippen molar-refractivity contribution in [3.05, 3.63) is 18.2 Å². The summed E-state index contributed by atoms with van der Waals surface area (Å²) < 4.78 is 2.22. The quantitative estimate of drug-likeness (QED) is 0.779. The molecule has 0 atom stereocenters. The topological polar surface area (TPSA) is 29.9 Å². The van der Waals surface area contributed by atoms with Gasteiger partial charge >= 0.3 is 0 Å². The van der Waals surface area contributed by atoms with Crippen LogP contribution in [0.2, 0.25) is 0 Å². The molecule has 0 saturated carbocycles. The van der Waals surface area contributed by atoms with Gasteiger partial charge in [0.1, 0.15) is 0 Å². The van der Waals surface area contributed by atoms with Gasteiger partial charge in [0.05, 0.1) is 6.33 Å². The van der Waals surface area contributed by atoms with Crippen molar-refractivity contribution in [1.82, 2.24) is 14.9 Å². The molecule has 1 aromatic rings. The van der Waals surface area contributed by atoms with Crippen molar-refractivity contribution in [2.75, 3.05) is 6.54 Å². The normalized spacial score (nSPS) is 11.6. The zero-order chi connectivity index (χ0) is 10.6. The van der Waals surface area contributed by atoms with Crippen LogP contribution in [0.25, 0.3) is 0 Å². The predicted molar refractivity (Wildman–Crippen MR) is 59.5 cm³/mol. The van der Waals surface area contributed by atoms with E-state index in [0.29, 0.717) is 12.0 Å². The molecular formula is C11H21N3. The summed E-state index contributed by atoms with van der Waals surface area (Å²) in [4.78, 5) is 4.18. The van der Waals surface area contributed by atoms with Crippen molar-refractivity contribution < 1.29 is 0 Å². The molecule has 14 heavy (non-hydrogen) atoms. The molecule has 0 aliphatic heterocycles. The number of nitrogens with zero attached hydrogens (tertiary/aromatic N) is 2. The van der Waals surface area contributed by atoms with E-state index in [4.69, 9.17) is 0 Å². The number of nitrogens with one attached hydrogen (secondary N) is 1. The largest absolute Gasteiger partial charge is 0.333 e. The van der Waals surface area contributed by atoms with Gasteiger partial charge in [0.15, 0.2) is 0 Å². The van der Waals surface area contributed by atoms with E-state index in [-0.39, 0.29) is 0 Å². The minimum Gasteiger partial charge on any atom is -0.333 e. The van der Waals surface area contributed by atoms with E-state index in [2.05, 4.69) is 42.6 Å². The lowest BCUT2D eigenvalue weighted by Gasteiger charge is -2.12. The summed E-state index contributed by atoms with van der Waals surface area (Å²) in [5.74, 6) is 0.552. The number of imidazole rings is 1. The summed E-state index contributed by atoms with van der Waals surface area (Å²) in [6.07, 6.45) is 3.87. The molecule has 80 valence electrons. The molecule has 1 heterocycles. The van der Waals surface area contributed by atoms with E-state index < -0.39 is 0 Å². The Morgan fingerprint density at radius 2 is 2.07 bits per heavy atom. The van der Waals surface area contributed by atoms with Crippen molar-refractivity contribution in [1.29, 1.82) is 0 Å². The van der Waals surface area contributed by atoms with Crippen LogP contribution in [0.3, 0.4) is 0 Å². The molecule has 0 amide bonds. The number of aromatic nitrogens is 2. The van der Waals surface area contributed by atoms with Gasteiger partial charge in [0, 0.05) is 31.0 Å². The van der Waals surface area contributed by atoms with Crippen molar-refractivity contribution in [3.63, 3.8) is 0 Å². The van der Waals surface area contributed by atoms with Crippen LogP contribution in [0.15, 0.2) is 12.5 Å². The number of rotatable bonds is 5. The highest BCUT2D eigenvalue weighted by atomic mass is 15.1. The smallest absolute Gasteiger partial charge is 0.0948 e. The van der Waals surface area contributed by atoms with E-state index in [1.807, 2.05) is 12.5 Å². The molecular weight excluding hydrogens is 174 g/mol. The molecule has 0 radical (unpaired) electrons. The molecule has 0 aromatic carbocycles. The second-order valence-electron chi connectivity index (χ2n) is 4.28. The van der Waals surface area contributed by atoms with Gasteiger partial charge in [-0.05, 0) is 5.92 Å². The molecule has 1 rings (SSSR count). The Morgan fingerprint density at radius 1 is 1.36 bits per heavy atom. The van der Waals surface area contributed by atoms with Crippen LogP contribution in [0.1, 0.15) is 39.3 Å². The van der Waals surface area contributed by atoms with Crippen LogP contribution >= 0.6 is 0 Å². The van der Waals surface area contributed by atoms with Crippen molar-refractivity contribution >= 4 is 0 Å². The maximum atomic E-state index is 4.18. The van der Waals surface area contributed by atoms with Gasteiger partial charge in [0.2, 0.25) is 0 Å². The molecule has 1 N–H and O–H groups in total. The highest BCUT2D eigenvalue weighted by Crippen LogP contribution is 2.12. The summed E-state index contributed by atoms with van der Waals surface area (Å²) in [7, 11) is 0. The molecule has 0 unspecified atom stereocenters. The SMILES string of the molecule is CC(C)NCCn1cncc1C(C)C. The van der Waals surface area contributed by atoms with Gasteiger partial charge < -0.3 is 9.88 Å². The standard InChI is InChI=1S/C11H21N3/c1-9(2)11-7-12-8-14(11)6-5-13-10(3)4/h7-10,13H,5-6H2,1-4H3. The van der Waals surface area contributed by atoms with Crippen LogP contribution in [0, 0.1) is 0 Å². The lowest BCUT2D eigenvalue weighted by molar-refractivity contribution is 0.528. The van der Waals surface area contributed by atoms with Crippen LogP contribution < -0.4 is 5.32 Å². The second kappa shape index (κ2) is 5.15. The first-order valence-corrected chi connectivity index (χ1v) is 5.34. The van der Waals surface area contributed by atoms with E-state index >= 15 is 0 Å². The lowest BCUT2D eigenvalue weighted by Crippen LogP contribution is -2.27. The molecule has 0 fully saturated rings. The molecule has 0 aliphatic carbocycles. The first-order chi connectivity index (χ1) is 6.61. The summed E-state index contributed by atoms with van der Waals surface area (Å²) >= 11 is 0. The number of hydrogen-bond donors (Lipinski definition) is 1. The Bertz CT molecular complexity index is 263. The van der Waals surface area contributed by atoms with Crippen LogP contribution in [-0.4, -0.2) is 22.1 Å². The third-order valence-electron chi connectivity index (χ3n) is 2.24. The number of hydrogen-bond acceptors (Lipinski definition) is 2. The maximum absolute atomic E-state index is 4.18. The average molecular weight is 195 g/mol. The van der Waals surface area contributed by atoms with E-state index in [0.717, 1.165) is 13.1 Å².